The van der Waals surface area contributed by atoms with E-state index in [4.69, 9.17) is 0 Å². The van der Waals surface area contributed by atoms with Crippen molar-refractivity contribution in [2.45, 2.75) is 72.1 Å². The minimum absolute atomic E-state index is 0.0685. The second-order valence-corrected chi connectivity index (χ2v) is 9.22. The average molecular weight is 314 g/mol. The molecule has 3 fully saturated rings. The number of hydrogen-bond acceptors (Lipinski definition) is 2. The lowest BCUT2D eigenvalue weighted by atomic mass is 9.47. The molecule has 0 radical (unpaired) electrons. The Morgan fingerprint density at radius 3 is 2.61 bits per heavy atom. The Kier molecular flexibility index (Phi) is 3.42. The topological polar surface area (TPSA) is 34.1 Å². The molecule has 0 unspecified atom stereocenters. The van der Waals surface area contributed by atoms with Gasteiger partial charge in [0.1, 0.15) is 5.78 Å². The third kappa shape index (κ3) is 1.99. The van der Waals surface area contributed by atoms with E-state index in [0.717, 1.165) is 32.1 Å². The molecular formula is C21H30O2. The number of Topliss-reactive ketones (excluding diaryl/α,β-unsaturated/α-hetero) is 1. The van der Waals surface area contributed by atoms with Gasteiger partial charge in [0, 0.05) is 11.8 Å². The van der Waals surface area contributed by atoms with E-state index in [2.05, 4.69) is 13.8 Å². The molecule has 0 spiro atoms. The highest BCUT2D eigenvalue weighted by Gasteiger charge is 2.61. The highest BCUT2D eigenvalue weighted by molar-refractivity contribution is 5.94. The van der Waals surface area contributed by atoms with E-state index in [1.54, 1.807) is 6.92 Å². The Bertz CT molecular complexity index is 589. The molecule has 126 valence electrons. The molecule has 4 rings (SSSR count). The number of ketones is 2. The van der Waals surface area contributed by atoms with Crippen LogP contribution in [0.25, 0.3) is 0 Å². The lowest BCUT2D eigenvalue weighted by Gasteiger charge is -2.56. The SMILES string of the molecule is CC(=O)[C@H]1CC[C@H]2[C@@H]3C(=O)C=C4CCCC[C@]4(C)[C@H]3CC[C@]12C. The van der Waals surface area contributed by atoms with E-state index in [1.807, 2.05) is 6.08 Å². The van der Waals surface area contributed by atoms with E-state index in [-0.39, 0.29) is 22.7 Å². The fourth-order valence-electron chi connectivity index (χ4n) is 7.10. The van der Waals surface area contributed by atoms with Crippen LogP contribution in [0.5, 0.6) is 0 Å². The molecule has 0 bridgehead atoms. The number of fused-ring (bicyclic) bond motifs is 5. The van der Waals surface area contributed by atoms with Crippen molar-refractivity contribution in [1.82, 2.24) is 0 Å². The van der Waals surface area contributed by atoms with Gasteiger partial charge < -0.3 is 0 Å². The highest BCUT2D eigenvalue weighted by atomic mass is 16.1. The van der Waals surface area contributed by atoms with Crippen molar-refractivity contribution in [3.63, 3.8) is 0 Å². The number of rotatable bonds is 1. The molecule has 2 nitrogen and oxygen atoms in total. The predicted molar refractivity (Wildman–Crippen MR) is 90.9 cm³/mol. The Morgan fingerprint density at radius 1 is 1.09 bits per heavy atom. The van der Waals surface area contributed by atoms with Crippen molar-refractivity contribution in [3.8, 4) is 0 Å². The van der Waals surface area contributed by atoms with Crippen LogP contribution < -0.4 is 0 Å². The summed E-state index contributed by atoms with van der Waals surface area (Å²) in [7, 11) is 0. The van der Waals surface area contributed by atoms with Crippen LogP contribution in [0.15, 0.2) is 11.6 Å². The van der Waals surface area contributed by atoms with Crippen LogP contribution in [0.1, 0.15) is 72.1 Å². The smallest absolute Gasteiger partial charge is 0.159 e. The number of carbonyl (C=O) groups excluding carboxylic acids is 2. The van der Waals surface area contributed by atoms with Crippen molar-refractivity contribution in [2.75, 3.05) is 0 Å². The Labute approximate surface area is 140 Å². The number of hydrogen-bond donors (Lipinski definition) is 0. The number of carbonyl (C=O) groups is 2. The zero-order chi connectivity index (χ0) is 16.4. The maximum Gasteiger partial charge on any atom is 0.159 e. The van der Waals surface area contributed by atoms with Crippen molar-refractivity contribution < 1.29 is 9.59 Å². The van der Waals surface area contributed by atoms with E-state index < -0.39 is 0 Å². The molecular weight excluding hydrogens is 284 g/mol. The van der Waals surface area contributed by atoms with Crippen LogP contribution in [0.4, 0.5) is 0 Å². The van der Waals surface area contributed by atoms with Crippen LogP contribution in [0, 0.1) is 34.5 Å². The quantitative estimate of drug-likeness (QED) is 0.701. The van der Waals surface area contributed by atoms with E-state index >= 15 is 0 Å². The van der Waals surface area contributed by atoms with Crippen LogP contribution >= 0.6 is 0 Å². The Balaban J connectivity index is 1.74. The summed E-state index contributed by atoms with van der Waals surface area (Å²) in [5.41, 5.74) is 1.77. The fourth-order valence-corrected chi connectivity index (χ4v) is 7.10. The first-order valence-corrected chi connectivity index (χ1v) is 9.63. The van der Waals surface area contributed by atoms with Gasteiger partial charge in [-0.1, -0.05) is 25.8 Å². The molecule has 0 amide bonds. The van der Waals surface area contributed by atoms with Crippen LogP contribution in [-0.4, -0.2) is 11.6 Å². The van der Waals surface area contributed by atoms with Gasteiger partial charge in [-0.2, -0.15) is 0 Å². The Morgan fingerprint density at radius 2 is 1.87 bits per heavy atom. The van der Waals surface area contributed by atoms with Gasteiger partial charge in [0.15, 0.2) is 5.78 Å². The molecule has 0 saturated heterocycles. The van der Waals surface area contributed by atoms with E-state index in [1.165, 1.54) is 24.8 Å². The summed E-state index contributed by atoms with van der Waals surface area (Å²) in [6.07, 6.45) is 11.3. The monoisotopic (exact) mass is 314 g/mol. The third-order valence-corrected chi connectivity index (χ3v) is 8.35. The van der Waals surface area contributed by atoms with Gasteiger partial charge in [-0.15, -0.1) is 0 Å². The van der Waals surface area contributed by atoms with Gasteiger partial charge >= 0.3 is 0 Å². The minimum atomic E-state index is 0.0685. The third-order valence-electron chi connectivity index (χ3n) is 8.35. The molecule has 0 aromatic heterocycles. The van der Waals surface area contributed by atoms with Crippen molar-refractivity contribution in [1.29, 1.82) is 0 Å². The van der Waals surface area contributed by atoms with Gasteiger partial charge in [0.05, 0.1) is 0 Å². The van der Waals surface area contributed by atoms with Gasteiger partial charge in [0.25, 0.3) is 0 Å². The van der Waals surface area contributed by atoms with Crippen molar-refractivity contribution in [3.05, 3.63) is 11.6 Å². The molecule has 4 aliphatic rings. The summed E-state index contributed by atoms with van der Waals surface area (Å²) in [4.78, 5) is 25.2. The summed E-state index contributed by atoms with van der Waals surface area (Å²) < 4.78 is 0. The van der Waals surface area contributed by atoms with Crippen LogP contribution in [0.3, 0.4) is 0 Å². The van der Waals surface area contributed by atoms with Crippen LogP contribution in [-0.2, 0) is 9.59 Å². The summed E-state index contributed by atoms with van der Waals surface area (Å²) >= 11 is 0. The zero-order valence-electron chi connectivity index (χ0n) is 14.9. The summed E-state index contributed by atoms with van der Waals surface area (Å²) in [6, 6.07) is 0. The normalized spacial score (nSPS) is 49.0. The maximum atomic E-state index is 13.0. The first kappa shape index (κ1) is 15.6. The highest BCUT2D eigenvalue weighted by Crippen LogP contribution is 2.65. The van der Waals surface area contributed by atoms with E-state index in [0.29, 0.717) is 23.4 Å². The molecule has 6 atom stereocenters. The number of allylic oxidation sites excluding steroid dienone is 2. The first-order valence-electron chi connectivity index (χ1n) is 9.63. The minimum Gasteiger partial charge on any atom is -0.300 e. The molecule has 4 aliphatic carbocycles. The Hall–Kier alpha value is -0.920. The molecule has 0 heterocycles. The van der Waals surface area contributed by atoms with E-state index in [9.17, 15) is 9.59 Å². The molecule has 3 saturated carbocycles. The molecule has 0 aromatic rings. The summed E-state index contributed by atoms with van der Waals surface area (Å²) in [5.74, 6) is 2.07. The standard InChI is InChI=1S/C21H30O2/c1-13(22)15-7-8-16-19-17(9-11-21(15,16)3)20(2)10-5-4-6-14(20)12-18(19)23/h12,15-17,19H,4-11H2,1-3H3/t15-,16+,17+,19+,20+,21-/m1/s1. The first-order chi connectivity index (χ1) is 10.9. The van der Waals surface area contributed by atoms with Crippen molar-refractivity contribution in [2.24, 2.45) is 34.5 Å². The molecule has 0 N–H and O–H groups in total. The summed E-state index contributed by atoms with van der Waals surface area (Å²) in [6.45, 7) is 6.50. The average Bonchev–Trinajstić information content (AvgIpc) is 2.85. The van der Waals surface area contributed by atoms with Gasteiger partial charge in [0.2, 0.25) is 0 Å². The maximum absolute atomic E-state index is 13.0. The predicted octanol–water partition coefficient (Wildman–Crippen LogP) is 4.72. The molecule has 0 aliphatic heterocycles. The lowest BCUT2D eigenvalue weighted by molar-refractivity contribution is -0.138. The van der Waals surface area contributed by atoms with Gasteiger partial charge in [-0.3, -0.25) is 9.59 Å². The second-order valence-electron chi connectivity index (χ2n) is 9.22. The fraction of sp³-hybridized carbons (Fsp3) is 0.810. The largest absolute Gasteiger partial charge is 0.300 e. The van der Waals surface area contributed by atoms with Gasteiger partial charge in [-0.05, 0) is 80.6 Å². The molecule has 23 heavy (non-hydrogen) atoms. The molecule has 0 aromatic carbocycles. The zero-order valence-corrected chi connectivity index (χ0v) is 14.9. The van der Waals surface area contributed by atoms with Crippen LogP contribution in [0.2, 0.25) is 0 Å². The second kappa shape index (κ2) is 5.04. The lowest BCUT2D eigenvalue weighted by Crippen LogP contribution is -2.53. The summed E-state index contributed by atoms with van der Waals surface area (Å²) in [5, 5.41) is 0. The molecule has 2 heteroatoms. The van der Waals surface area contributed by atoms with Crippen molar-refractivity contribution >= 4 is 11.6 Å². The van der Waals surface area contributed by atoms with Gasteiger partial charge in [-0.25, -0.2) is 0 Å².